The molecule has 0 spiro atoms. The zero-order chi connectivity index (χ0) is 19.3. The van der Waals surface area contributed by atoms with E-state index in [1.165, 1.54) is 0 Å². The van der Waals surface area contributed by atoms with Gasteiger partial charge in [-0.2, -0.15) is 4.68 Å². The van der Waals surface area contributed by atoms with Crippen molar-refractivity contribution < 1.29 is 4.74 Å². The minimum atomic E-state index is 0.297. The smallest absolute Gasteiger partial charge is 0.345 e. The minimum absolute atomic E-state index is 0.297. The molecule has 28 heavy (non-hydrogen) atoms. The molecule has 0 radical (unpaired) electrons. The lowest BCUT2D eigenvalue weighted by molar-refractivity contribution is 0.427. The second-order valence-corrected chi connectivity index (χ2v) is 6.84. The molecule has 4 aromatic rings. The van der Waals surface area contributed by atoms with E-state index in [-0.39, 0.29) is 0 Å². The molecule has 4 rings (SSSR count). The van der Waals surface area contributed by atoms with Crippen molar-refractivity contribution in [1.82, 2.24) is 20.2 Å². The largest absolute Gasteiger partial charge is 0.423 e. The van der Waals surface area contributed by atoms with E-state index >= 15 is 0 Å². The van der Waals surface area contributed by atoms with Gasteiger partial charge in [-0.1, -0.05) is 58.6 Å². The van der Waals surface area contributed by atoms with Crippen molar-refractivity contribution in [3.05, 3.63) is 88.4 Å². The zero-order valence-electron chi connectivity index (χ0n) is 14.6. The van der Waals surface area contributed by atoms with Gasteiger partial charge in [0.15, 0.2) is 0 Å². The molecule has 1 N–H and O–H groups in total. The number of benzene rings is 3. The monoisotopic (exact) mass is 411 g/mol. The van der Waals surface area contributed by atoms with Crippen molar-refractivity contribution in [2.45, 2.75) is 6.54 Å². The molecule has 1 heterocycles. The van der Waals surface area contributed by atoms with Crippen LogP contribution in [0.5, 0.6) is 11.8 Å². The summed E-state index contributed by atoms with van der Waals surface area (Å²) in [6.07, 6.45) is 0. The van der Waals surface area contributed by atoms with Gasteiger partial charge in [0.25, 0.3) is 0 Å². The first kappa shape index (κ1) is 18.3. The second kappa shape index (κ2) is 8.29. The van der Waals surface area contributed by atoms with Gasteiger partial charge in [-0.05, 0) is 58.5 Å². The number of nitrogens with zero attached hydrogens (tertiary/aromatic N) is 4. The van der Waals surface area contributed by atoms with E-state index in [0.29, 0.717) is 28.3 Å². The van der Waals surface area contributed by atoms with Crippen LogP contribution in [0.15, 0.2) is 72.8 Å². The summed E-state index contributed by atoms with van der Waals surface area (Å²) < 4.78 is 7.36. The highest BCUT2D eigenvalue weighted by molar-refractivity contribution is 6.35. The summed E-state index contributed by atoms with van der Waals surface area (Å²) in [5.41, 5.74) is 2.76. The van der Waals surface area contributed by atoms with Crippen LogP contribution < -0.4 is 10.1 Å². The van der Waals surface area contributed by atoms with Crippen LogP contribution in [0, 0.1) is 0 Å². The summed E-state index contributed by atoms with van der Waals surface area (Å²) in [5.74, 6) is 0.640. The van der Waals surface area contributed by atoms with Gasteiger partial charge >= 0.3 is 6.01 Å². The molecule has 140 valence electrons. The van der Waals surface area contributed by atoms with E-state index in [1.807, 2.05) is 66.7 Å². The Balaban J connectivity index is 1.42. The van der Waals surface area contributed by atoms with Gasteiger partial charge in [-0.25, -0.2) is 0 Å². The number of hydrogen-bond acceptors (Lipinski definition) is 5. The van der Waals surface area contributed by atoms with Crippen LogP contribution in [-0.2, 0) is 6.54 Å². The van der Waals surface area contributed by atoms with Crippen LogP contribution in [0.2, 0.25) is 10.0 Å². The first-order chi connectivity index (χ1) is 13.7. The Morgan fingerprint density at radius 2 is 1.61 bits per heavy atom. The zero-order valence-corrected chi connectivity index (χ0v) is 16.1. The van der Waals surface area contributed by atoms with E-state index in [9.17, 15) is 0 Å². The van der Waals surface area contributed by atoms with Crippen LogP contribution in [0.3, 0.4) is 0 Å². The Labute approximate surface area is 171 Å². The number of anilines is 1. The normalized spacial score (nSPS) is 10.6. The number of para-hydroxylation sites is 1. The Hall–Kier alpha value is -3.09. The maximum atomic E-state index is 6.02. The summed E-state index contributed by atoms with van der Waals surface area (Å²) >= 11 is 12.0. The molecule has 0 fully saturated rings. The van der Waals surface area contributed by atoms with Gasteiger partial charge in [0.1, 0.15) is 5.75 Å². The van der Waals surface area contributed by atoms with Gasteiger partial charge in [0.05, 0.1) is 5.69 Å². The lowest BCUT2D eigenvalue weighted by Gasteiger charge is -2.09. The van der Waals surface area contributed by atoms with Crippen LogP contribution in [0.4, 0.5) is 5.69 Å². The van der Waals surface area contributed by atoms with Gasteiger partial charge in [-0.3, -0.25) is 0 Å². The van der Waals surface area contributed by atoms with Gasteiger partial charge in [0.2, 0.25) is 0 Å². The predicted octanol–water partition coefficient (Wildman–Crippen LogP) is 5.37. The highest BCUT2D eigenvalue weighted by Gasteiger charge is 2.10. The van der Waals surface area contributed by atoms with Crippen LogP contribution in [0.25, 0.3) is 5.69 Å². The number of aromatic nitrogens is 4. The quantitative estimate of drug-likeness (QED) is 0.461. The molecular formula is C20H15Cl2N5O. The number of halogens is 2. The molecule has 8 heteroatoms. The van der Waals surface area contributed by atoms with E-state index in [0.717, 1.165) is 16.9 Å². The molecule has 6 nitrogen and oxygen atoms in total. The van der Waals surface area contributed by atoms with Crippen molar-refractivity contribution in [3.63, 3.8) is 0 Å². The molecule has 0 unspecified atom stereocenters. The Bertz CT molecular complexity index is 1050. The van der Waals surface area contributed by atoms with E-state index in [1.54, 1.807) is 10.7 Å². The molecule has 3 aromatic carbocycles. The molecular weight excluding hydrogens is 397 g/mol. The van der Waals surface area contributed by atoms with Crippen molar-refractivity contribution in [1.29, 1.82) is 0 Å². The third-order valence-electron chi connectivity index (χ3n) is 3.93. The lowest BCUT2D eigenvalue weighted by Crippen LogP contribution is -2.01. The fraction of sp³-hybridized carbons (Fsp3) is 0.0500. The maximum Gasteiger partial charge on any atom is 0.345 e. The summed E-state index contributed by atoms with van der Waals surface area (Å²) in [6, 6.07) is 22.9. The summed E-state index contributed by atoms with van der Waals surface area (Å²) in [5, 5.41) is 16.1. The van der Waals surface area contributed by atoms with Crippen molar-refractivity contribution in [3.8, 4) is 17.4 Å². The third-order valence-corrected chi connectivity index (χ3v) is 4.37. The molecule has 0 bridgehead atoms. The Morgan fingerprint density at radius 3 is 2.32 bits per heavy atom. The lowest BCUT2D eigenvalue weighted by atomic mass is 10.2. The Morgan fingerprint density at radius 1 is 0.893 bits per heavy atom. The molecule has 0 aliphatic rings. The fourth-order valence-electron chi connectivity index (χ4n) is 2.61. The van der Waals surface area contributed by atoms with E-state index in [4.69, 9.17) is 27.9 Å². The first-order valence-corrected chi connectivity index (χ1v) is 9.23. The predicted molar refractivity (Wildman–Crippen MR) is 109 cm³/mol. The molecule has 0 amide bonds. The average Bonchev–Trinajstić information content (AvgIpc) is 3.15. The highest BCUT2D eigenvalue weighted by atomic mass is 35.5. The van der Waals surface area contributed by atoms with Gasteiger partial charge in [0, 0.05) is 22.3 Å². The molecule has 0 atom stereocenters. The topological polar surface area (TPSA) is 64.9 Å². The minimum Gasteiger partial charge on any atom is -0.423 e. The second-order valence-electron chi connectivity index (χ2n) is 5.97. The van der Waals surface area contributed by atoms with Crippen LogP contribution in [0.1, 0.15) is 5.56 Å². The van der Waals surface area contributed by atoms with Gasteiger partial charge < -0.3 is 10.1 Å². The molecule has 0 aliphatic heterocycles. The van der Waals surface area contributed by atoms with E-state index in [2.05, 4.69) is 20.8 Å². The molecule has 0 saturated heterocycles. The summed E-state index contributed by atoms with van der Waals surface area (Å²) in [6.45, 7) is 0.624. The molecule has 0 aliphatic carbocycles. The number of hydrogen-bond donors (Lipinski definition) is 1. The number of ether oxygens (including phenoxy) is 1. The van der Waals surface area contributed by atoms with Crippen LogP contribution in [-0.4, -0.2) is 20.2 Å². The molecule has 0 saturated carbocycles. The van der Waals surface area contributed by atoms with Crippen molar-refractivity contribution >= 4 is 28.9 Å². The Kier molecular flexibility index (Phi) is 5.41. The van der Waals surface area contributed by atoms with Crippen molar-refractivity contribution in [2.75, 3.05) is 5.32 Å². The summed E-state index contributed by atoms with van der Waals surface area (Å²) in [4.78, 5) is 0. The standard InChI is InChI=1S/C20H15Cl2N5O/c21-15-10-16(22)12-17(11-15)23-13-14-6-8-19(9-7-14)28-20-24-25-26-27(20)18-4-2-1-3-5-18/h1-12,23H,13H2. The van der Waals surface area contributed by atoms with Crippen LogP contribution >= 0.6 is 23.2 Å². The SMILES string of the molecule is Clc1cc(Cl)cc(NCc2ccc(Oc3nnnn3-c3ccccc3)cc2)c1. The maximum absolute atomic E-state index is 6.02. The number of nitrogens with one attached hydrogen (secondary N) is 1. The third kappa shape index (κ3) is 4.42. The summed E-state index contributed by atoms with van der Waals surface area (Å²) in [7, 11) is 0. The first-order valence-electron chi connectivity index (χ1n) is 8.48. The fourth-order valence-corrected chi connectivity index (χ4v) is 3.14. The number of tetrazole rings is 1. The van der Waals surface area contributed by atoms with E-state index < -0.39 is 0 Å². The number of rotatable bonds is 6. The van der Waals surface area contributed by atoms with Gasteiger partial charge in [-0.15, -0.1) is 0 Å². The molecule has 1 aromatic heterocycles. The van der Waals surface area contributed by atoms with Crippen molar-refractivity contribution in [2.24, 2.45) is 0 Å². The highest BCUT2D eigenvalue weighted by Crippen LogP contribution is 2.24. The average molecular weight is 412 g/mol.